The first-order valence-corrected chi connectivity index (χ1v) is 6.06. The highest BCUT2D eigenvalue weighted by atomic mass is 19.1. The van der Waals surface area contributed by atoms with E-state index in [1.54, 1.807) is 33.0 Å². The highest BCUT2D eigenvalue weighted by molar-refractivity contribution is 5.54. The SMILES string of the molecule is Cc1cc(CNc2nn(C)cc2[N+](=O)[O-])cc(C)c1F. The average Bonchev–Trinajstić information content (AvgIpc) is 2.74. The Kier molecular flexibility index (Phi) is 3.69. The Hall–Kier alpha value is -2.44. The van der Waals surface area contributed by atoms with Crippen molar-refractivity contribution in [2.45, 2.75) is 20.4 Å². The molecule has 2 aromatic rings. The first-order valence-electron chi connectivity index (χ1n) is 6.06. The largest absolute Gasteiger partial charge is 0.359 e. The van der Waals surface area contributed by atoms with Gasteiger partial charge in [-0.3, -0.25) is 14.8 Å². The number of nitro groups is 1. The fourth-order valence-electron chi connectivity index (χ4n) is 2.06. The summed E-state index contributed by atoms with van der Waals surface area (Å²) in [6.07, 6.45) is 1.34. The molecule has 0 aliphatic carbocycles. The minimum atomic E-state index is -0.490. The molecule has 0 saturated carbocycles. The van der Waals surface area contributed by atoms with E-state index in [1.165, 1.54) is 10.9 Å². The lowest BCUT2D eigenvalue weighted by atomic mass is 10.1. The van der Waals surface area contributed by atoms with Gasteiger partial charge < -0.3 is 5.32 Å². The highest BCUT2D eigenvalue weighted by Crippen LogP contribution is 2.22. The maximum absolute atomic E-state index is 13.5. The number of rotatable bonds is 4. The minimum absolute atomic E-state index is 0.0805. The molecule has 20 heavy (non-hydrogen) atoms. The van der Waals surface area contributed by atoms with E-state index in [-0.39, 0.29) is 17.3 Å². The van der Waals surface area contributed by atoms with Gasteiger partial charge in [-0.05, 0) is 30.5 Å². The van der Waals surface area contributed by atoms with Crippen molar-refractivity contribution in [3.63, 3.8) is 0 Å². The predicted octanol–water partition coefficient (Wildman–Crippen LogP) is 2.70. The molecule has 0 amide bonds. The fourth-order valence-corrected chi connectivity index (χ4v) is 2.06. The van der Waals surface area contributed by atoms with Crippen LogP contribution in [0.15, 0.2) is 18.3 Å². The van der Waals surface area contributed by atoms with Gasteiger partial charge in [0, 0.05) is 13.6 Å². The Morgan fingerprint density at radius 3 is 2.55 bits per heavy atom. The van der Waals surface area contributed by atoms with Gasteiger partial charge in [0.15, 0.2) is 0 Å². The zero-order valence-electron chi connectivity index (χ0n) is 11.5. The van der Waals surface area contributed by atoms with Crippen LogP contribution in [0.5, 0.6) is 0 Å². The Labute approximate surface area is 115 Å². The third-order valence-corrected chi connectivity index (χ3v) is 2.96. The van der Waals surface area contributed by atoms with Crippen LogP contribution in [0.2, 0.25) is 0 Å². The minimum Gasteiger partial charge on any atom is -0.359 e. The summed E-state index contributed by atoms with van der Waals surface area (Å²) >= 11 is 0. The third-order valence-electron chi connectivity index (χ3n) is 2.96. The van der Waals surface area contributed by atoms with Crippen LogP contribution in [0, 0.1) is 29.8 Å². The molecule has 0 aliphatic heterocycles. The lowest BCUT2D eigenvalue weighted by molar-refractivity contribution is -0.384. The number of hydrogen-bond acceptors (Lipinski definition) is 4. The number of anilines is 1. The van der Waals surface area contributed by atoms with Crippen molar-refractivity contribution in [3.8, 4) is 0 Å². The predicted molar refractivity (Wildman–Crippen MR) is 73.1 cm³/mol. The molecule has 1 N–H and O–H groups in total. The van der Waals surface area contributed by atoms with Gasteiger partial charge in [-0.15, -0.1) is 5.10 Å². The van der Waals surface area contributed by atoms with Crippen molar-refractivity contribution in [2.75, 3.05) is 5.32 Å². The van der Waals surface area contributed by atoms with Crippen molar-refractivity contribution < 1.29 is 9.31 Å². The lowest BCUT2D eigenvalue weighted by Gasteiger charge is -2.07. The number of nitrogens with one attached hydrogen (secondary N) is 1. The van der Waals surface area contributed by atoms with Crippen LogP contribution in [0.4, 0.5) is 15.9 Å². The van der Waals surface area contributed by atoms with Crippen LogP contribution >= 0.6 is 0 Å². The van der Waals surface area contributed by atoms with Gasteiger partial charge in [-0.25, -0.2) is 4.39 Å². The fraction of sp³-hybridized carbons (Fsp3) is 0.308. The van der Waals surface area contributed by atoms with Crippen molar-refractivity contribution >= 4 is 11.5 Å². The molecule has 0 unspecified atom stereocenters. The van der Waals surface area contributed by atoms with Gasteiger partial charge in [0.2, 0.25) is 5.82 Å². The summed E-state index contributed by atoms with van der Waals surface area (Å²) in [6, 6.07) is 3.42. The van der Waals surface area contributed by atoms with Gasteiger partial charge in [0.25, 0.3) is 0 Å². The van der Waals surface area contributed by atoms with Crippen LogP contribution in [0.1, 0.15) is 16.7 Å². The van der Waals surface area contributed by atoms with E-state index in [0.717, 1.165) is 5.56 Å². The van der Waals surface area contributed by atoms with E-state index < -0.39 is 4.92 Å². The van der Waals surface area contributed by atoms with Crippen molar-refractivity contribution in [2.24, 2.45) is 7.05 Å². The molecule has 0 atom stereocenters. The molecule has 1 aromatic carbocycles. The summed E-state index contributed by atoms with van der Waals surface area (Å²) in [7, 11) is 1.62. The van der Waals surface area contributed by atoms with Crippen LogP contribution in [-0.4, -0.2) is 14.7 Å². The van der Waals surface area contributed by atoms with Crippen LogP contribution in [-0.2, 0) is 13.6 Å². The quantitative estimate of drug-likeness (QED) is 0.689. The molecule has 0 radical (unpaired) electrons. The monoisotopic (exact) mass is 278 g/mol. The van der Waals surface area contributed by atoms with E-state index in [0.29, 0.717) is 17.7 Å². The number of hydrogen-bond donors (Lipinski definition) is 1. The lowest BCUT2D eigenvalue weighted by Crippen LogP contribution is -2.04. The summed E-state index contributed by atoms with van der Waals surface area (Å²) in [5.41, 5.74) is 1.87. The molecule has 1 aromatic heterocycles. The zero-order chi connectivity index (χ0) is 14.9. The van der Waals surface area contributed by atoms with Crippen molar-refractivity contribution in [3.05, 3.63) is 51.0 Å². The molecule has 0 aliphatic rings. The van der Waals surface area contributed by atoms with Gasteiger partial charge in [0.05, 0.1) is 4.92 Å². The first-order chi connectivity index (χ1) is 9.38. The van der Waals surface area contributed by atoms with Gasteiger partial charge in [-0.2, -0.15) is 0 Å². The summed E-state index contributed by atoms with van der Waals surface area (Å²) in [6.45, 7) is 3.73. The number of aromatic nitrogens is 2. The number of halogens is 1. The molecule has 1 heterocycles. The standard InChI is InChI=1S/C13H15FN4O2/c1-8-4-10(5-9(2)12(8)14)6-15-13-11(18(19)20)7-17(3)16-13/h4-5,7H,6H2,1-3H3,(H,15,16). The maximum Gasteiger partial charge on any atom is 0.330 e. The summed E-state index contributed by atoms with van der Waals surface area (Å²) in [4.78, 5) is 10.4. The average molecular weight is 278 g/mol. The van der Waals surface area contributed by atoms with Gasteiger partial charge in [-0.1, -0.05) is 12.1 Å². The molecule has 0 spiro atoms. The number of aryl methyl sites for hydroxylation is 3. The van der Waals surface area contributed by atoms with Gasteiger partial charge in [0.1, 0.15) is 12.0 Å². The molecular weight excluding hydrogens is 263 g/mol. The van der Waals surface area contributed by atoms with E-state index in [1.807, 2.05) is 0 Å². The molecule has 0 bridgehead atoms. The smallest absolute Gasteiger partial charge is 0.330 e. The normalized spacial score (nSPS) is 10.6. The second-order valence-electron chi connectivity index (χ2n) is 4.69. The molecule has 0 saturated heterocycles. The van der Waals surface area contributed by atoms with Gasteiger partial charge >= 0.3 is 5.69 Å². The summed E-state index contributed by atoms with van der Waals surface area (Å²) < 4.78 is 14.9. The summed E-state index contributed by atoms with van der Waals surface area (Å²) in [5, 5.41) is 17.8. The Morgan fingerprint density at radius 1 is 1.40 bits per heavy atom. The zero-order valence-corrected chi connectivity index (χ0v) is 11.5. The number of benzene rings is 1. The topological polar surface area (TPSA) is 73.0 Å². The van der Waals surface area contributed by atoms with Crippen molar-refractivity contribution in [1.29, 1.82) is 0 Å². The van der Waals surface area contributed by atoms with Crippen LogP contribution in [0.25, 0.3) is 0 Å². The van der Waals surface area contributed by atoms with E-state index >= 15 is 0 Å². The van der Waals surface area contributed by atoms with E-state index in [9.17, 15) is 14.5 Å². The molecule has 0 fully saturated rings. The van der Waals surface area contributed by atoms with Crippen LogP contribution in [0.3, 0.4) is 0 Å². The van der Waals surface area contributed by atoms with E-state index in [2.05, 4.69) is 10.4 Å². The molecule has 2 rings (SSSR count). The molecule has 106 valence electrons. The third kappa shape index (κ3) is 2.76. The summed E-state index contributed by atoms with van der Waals surface area (Å²) in [5.74, 6) is -0.0188. The Bertz CT molecular complexity index is 643. The Morgan fingerprint density at radius 2 is 2.00 bits per heavy atom. The van der Waals surface area contributed by atoms with Crippen LogP contribution < -0.4 is 5.32 Å². The molecular formula is C13H15FN4O2. The maximum atomic E-state index is 13.5. The van der Waals surface area contributed by atoms with E-state index in [4.69, 9.17) is 0 Å². The number of nitrogens with zero attached hydrogens (tertiary/aromatic N) is 3. The Balaban J connectivity index is 2.19. The first kappa shape index (κ1) is 14.0. The second kappa shape index (κ2) is 5.28. The second-order valence-corrected chi connectivity index (χ2v) is 4.69. The molecule has 6 nitrogen and oxygen atoms in total. The van der Waals surface area contributed by atoms with Crippen molar-refractivity contribution in [1.82, 2.24) is 9.78 Å². The molecule has 7 heteroatoms. The highest BCUT2D eigenvalue weighted by Gasteiger charge is 2.18.